The molecule has 37 heavy (non-hydrogen) atoms. The maximum Gasteiger partial charge on any atom is 0.340 e. The molecule has 198 valence electrons. The normalized spacial score (nSPS) is 14.4. The van der Waals surface area contributed by atoms with E-state index in [1.54, 1.807) is 11.0 Å². The SMILES string of the molecule is Cc1oc2cc3oc(=O)c(CC(=O)N4CCC(C(=O)NCCCCCC(=O)O)CC4)c(C)c3cc2c1C. The third kappa shape index (κ3) is 5.87. The predicted molar refractivity (Wildman–Crippen MR) is 139 cm³/mol. The van der Waals surface area contributed by atoms with Crippen LogP contribution in [0.15, 0.2) is 25.8 Å². The number of benzene rings is 1. The van der Waals surface area contributed by atoms with Gasteiger partial charge >= 0.3 is 11.6 Å². The molecule has 0 unspecified atom stereocenters. The van der Waals surface area contributed by atoms with Crippen LogP contribution in [0.1, 0.15) is 61.0 Å². The van der Waals surface area contributed by atoms with Crippen LogP contribution in [-0.4, -0.2) is 47.4 Å². The number of nitrogens with one attached hydrogen (secondary N) is 1. The van der Waals surface area contributed by atoms with Crippen molar-refractivity contribution in [3.8, 4) is 0 Å². The Labute approximate surface area is 214 Å². The number of amides is 2. The molecule has 1 aromatic carbocycles. The molecule has 0 atom stereocenters. The summed E-state index contributed by atoms with van der Waals surface area (Å²) in [5.41, 5.74) is 2.71. The molecule has 0 bridgehead atoms. The van der Waals surface area contributed by atoms with E-state index < -0.39 is 11.6 Å². The molecule has 3 aromatic rings. The average molecular weight is 511 g/mol. The number of hydrogen-bond donors (Lipinski definition) is 2. The van der Waals surface area contributed by atoms with Crippen LogP contribution in [0.4, 0.5) is 0 Å². The van der Waals surface area contributed by atoms with Crippen LogP contribution < -0.4 is 10.9 Å². The van der Waals surface area contributed by atoms with Crippen molar-refractivity contribution >= 4 is 39.7 Å². The van der Waals surface area contributed by atoms with E-state index in [0.717, 1.165) is 40.5 Å². The fourth-order valence-electron chi connectivity index (χ4n) is 5.02. The van der Waals surface area contributed by atoms with Crippen molar-refractivity contribution in [1.82, 2.24) is 10.2 Å². The number of hydrogen-bond acceptors (Lipinski definition) is 6. The van der Waals surface area contributed by atoms with E-state index >= 15 is 0 Å². The van der Waals surface area contributed by atoms with Crippen LogP contribution in [0.25, 0.3) is 21.9 Å². The molecule has 1 aliphatic heterocycles. The van der Waals surface area contributed by atoms with Gasteiger partial charge in [0.25, 0.3) is 0 Å². The van der Waals surface area contributed by atoms with Crippen molar-refractivity contribution < 1.29 is 28.3 Å². The number of piperidine rings is 1. The zero-order valence-electron chi connectivity index (χ0n) is 21.6. The summed E-state index contributed by atoms with van der Waals surface area (Å²) in [6, 6.07) is 3.69. The molecule has 2 N–H and O–H groups in total. The number of rotatable bonds is 9. The quantitative estimate of drug-likeness (QED) is 0.329. The summed E-state index contributed by atoms with van der Waals surface area (Å²) in [7, 11) is 0. The van der Waals surface area contributed by atoms with Crippen LogP contribution in [0.5, 0.6) is 0 Å². The number of likely N-dealkylation sites (tertiary alicyclic amines) is 1. The number of unbranched alkanes of at least 4 members (excludes halogenated alkanes) is 2. The van der Waals surface area contributed by atoms with Crippen LogP contribution in [0.2, 0.25) is 0 Å². The van der Waals surface area contributed by atoms with Crippen molar-refractivity contribution in [1.29, 1.82) is 0 Å². The number of carbonyl (C=O) groups excluding carboxylic acids is 2. The number of carboxylic acids is 1. The largest absolute Gasteiger partial charge is 0.481 e. The highest BCUT2D eigenvalue weighted by atomic mass is 16.4. The zero-order valence-corrected chi connectivity index (χ0v) is 21.6. The maximum absolute atomic E-state index is 13.1. The van der Waals surface area contributed by atoms with Crippen molar-refractivity contribution in [2.24, 2.45) is 5.92 Å². The first-order valence-electron chi connectivity index (χ1n) is 12.9. The van der Waals surface area contributed by atoms with E-state index in [0.29, 0.717) is 55.6 Å². The van der Waals surface area contributed by atoms with Gasteiger partial charge < -0.3 is 24.2 Å². The second kappa shape index (κ2) is 11.2. The molecular formula is C28H34N2O7. The molecule has 3 heterocycles. The zero-order chi connectivity index (χ0) is 26.7. The fraction of sp³-hybridized carbons (Fsp3) is 0.500. The molecule has 2 aromatic heterocycles. The van der Waals surface area contributed by atoms with Crippen LogP contribution >= 0.6 is 0 Å². The highest BCUT2D eigenvalue weighted by Crippen LogP contribution is 2.31. The Kier molecular flexibility index (Phi) is 8.00. The molecule has 1 saturated heterocycles. The van der Waals surface area contributed by atoms with Crippen molar-refractivity contribution in [3.05, 3.63) is 45.0 Å². The Balaban J connectivity index is 1.34. The van der Waals surface area contributed by atoms with E-state index in [1.807, 2.05) is 26.8 Å². The molecule has 2 amide bonds. The first kappa shape index (κ1) is 26.4. The molecule has 0 aliphatic carbocycles. The van der Waals surface area contributed by atoms with E-state index in [2.05, 4.69) is 5.32 Å². The molecule has 1 fully saturated rings. The van der Waals surface area contributed by atoms with Crippen molar-refractivity contribution in [3.63, 3.8) is 0 Å². The summed E-state index contributed by atoms with van der Waals surface area (Å²) in [6.07, 6.45) is 3.35. The highest BCUT2D eigenvalue weighted by Gasteiger charge is 2.28. The number of nitrogens with zero attached hydrogens (tertiary/aromatic N) is 1. The number of carboxylic acid groups (broad SMARTS) is 1. The molecule has 0 spiro atoms. The number of carbonyl (C=O) groups is 3. The number of aliphatic carboxylic acids is 1. The number of aryl methyl sites for hydroxylation is 3. The lowest BCUT2D eigenvalue weighted by atomic mass is 9.95. The first-order valence-corrected chi connectivity index (χ1v) is 12.9. The Hall–Kier alpha value is -3.62. The molecule has 9 nitrogen and oxygen atoms in total. The van der Waals surface area contributed by atoms with Gasteiger partial charge in [0.1, 0.15) is 16.9 Å². The van der Waals surface area contributed by atoms with Gasteiger partial charge in [-0.25, -0.2) is 4.79 Å². The third-order valence-corrected chi connectivity index (χ3v) is 7.50. The van der Waals surface area contributed by atoms with Gasteiger partial charge in [-0.3, -0.25) is 14.4 Å². The lowest BCUT2D eigenvalue weighted by Crippen LogP contribution is -2.44. The minimum atomic E-state index is -0.803. The van der Waals surface area contributed by atoms with Gasteiger partial charge in [0.15, 0.2) is 0 Å². The van der Waals surface area contributed by atoms with Crippen molar-refractivity contribution in [2.75, 3.05) is 19.6 Å². The van der Waals surface area contributed by atoms with Crippen LogP contribution in [-0.2, 0) is 20.8 Å². The third-order valence-electron chi connectivity index (χ3n) is 7.50. The number of fused-ring (bicyclic) bond motifs is 2. The predicted octanol–water partition coefficient (Wildman–Crippen LogP) is 4.01. The summed E-state index contributed by atoms with van der Waals surface area (Å²) in [4.78, 5) is 50.6. The van der Waals surface area contributed by atoms with Gasteiger partial charge in [0, 0.05) is 48.8 Å². The standard InChI is InChI=1S/C28H34N2O7/c1-16-18(3)36-23-15-24-21(13-20(16)23)17(2)22(28(35)37-24)14-25(31)30-11-8-19(9-12-30)27(34)29-10-6-4-5-7-26(32)33/h13,15,19H,4-12,14H2,1-3H3,(H,29,34)(H,32,33). The van der Waals surface area contributed by atoms with E-state index in [-0.39, 0.29) is 30.6 Å². The Morgan fingerprint density at radius 1 is 0.973 bits per heavy atom. The molecule has 0 saturated carbocycles. The van der Waals surface area contributed by atoms with Crippen LogP contribution in [0.3, 0.4) is 0 Å². The topological polar surface area (TPSA) is 130 Å². The summed E-state index contributed by atoms with van der Waals surface area (Å²) in [5, 5.41) is 13.3. The van der Waals surface area contributed by atoms with Crippen LogP contribution in [0, 0.1) is 26.7 Å². The summed E-state index contributed by atoms with van der Waals surface area (Å²) in [6.45, 7) is 7.17. The smallest absolute Gasteiger partial charge is 0.340 e. The molecular weight excluding hydrogens is 476 g/mol. The van der Waals surface area contributed by atoms with Gasteiger partial charge in [0.2, 0.25) is 11.8 Å². The van der Waals surface area contributed by atoms with E-state index in [4.69, 9.17) is 13.9 Å². The van der Waals surface area contributed by atoms with E-state index in [1.165, 1.54) is 0 Å². The van der Waals surface area contributed by atoms with Gasteiger partial charge in [0.05, 0.1) is 12.0 Å². The maximum atomic E-state index is 13.1. The minimum Gasteiger partial charge on any atom is -0.481 e. The van der Waals surface area contributed by atoms with E-state index in [9.17, 15) is 19.2 Å². The first-order chi connectivity index (χ1) is 17.7. The minimum absolute atomic E-state index is 0.0209. The second-order valence-electron chi connectivity index (χ2n) is 9.95. The highest BCUT2D eigenvalue weighted by molar-refractivity contribution is 5.97. The Morgan fingerprint density at radius 3 is 2.35 bits per heavy atom. The second-order valence-corrected chi connectivity index (χ2v) is 9.95. The van der Waals surface area contributed by atoms with Crippen molar-refractivity contribution in [2.45, 2.75) is 65.7 Å². The fourth-order valence-corrected chi connectivity index (χ4v) is 5.02. The van der Waals surface area contributed by atoms with Gasteiger partial charge in [-0.1, -0.05) is 6.42 Å². The average Bonchev–Trinajstić information content (AvgIpc) is 3.14. The van der Waals surface area contributed by atoms with Gasteiger partial charge in [-0.15, -0.1) is 0 Å². The Bertz CT molecular complexity index is 1390. The lowest BCUT2D eigenvalue weighted by Gasteiger charge is -2.31. The molecule has 1 aliphatic rings. The van der Waals surface area contributed by atoms with Gasteiger partial charge in [-0.2, -0.15) is 0 Å². The summed E-state index contributed by atoms with van der Waals surface area (Å²) in [5.74, 6) is -0.313. The molecule has 0 radical (unpaired) electrons. The number of furan rings is 1. The molecule has 9 heteroatoms. The summed E-state index contributed by atoms with van der Waals surface area (Å²) >= 11 is 0. The monoisotopic (exact) mass is 510 g/mol. The Morgan fingerprint density at radius 2 is 1.65 bits per heavy atom. The summed E-state index contributed by atoms with van der Waals surface area (Å²) < 4.78 is 11.3. The van der Waals surface area contributed by atoms with Gasteiger partial charge in [-0.05, 0) is 63.6 Å². The lowest BCUT2D eigenvalue weighted by molar-refractivity contribution is -0.137. The molecule has 4 rings (SSSR count).